The number of rotatable bonds is 4. The molecule has 5 heteroatoms. The van der Waals surface area contributed by atoms with Crippen LogP contribution in [0.1, 0.15) is 42.6 Å². The lowest BCUT2D eigenvalue weighted by atomic mass is 9.89. The predicted molar refractivity (Wildman–Crippen MR) is 97.4 cm³/mol. The maximum absolute atomic E-state index is 12.3. The first-order chi connectivity index (χ1) is 11.8. The normalized spacial score (nSPS) is 15.7. The van der Waals surface area contributed by atoms with Gasteiger partial charge in [-0.1, -0.05) is 60.9 Å². The highest BCUT2D eigenvalue weighted by Gasteiger charge is 2.17. The molecule has 1 aromatic carbocycles. The molecular weight excluding hydrogens is 318 g/mol. The van der Waals surface area contributed by atoms with Gasteiger partial charge in [0.2, 0.25) is 0 Å². The fourth-order valence-corrected chi connectivity index (χ4v) is 4.33. The molecule has 0 unspecified atom stereocenters. The fourth-order valence-electron chi connectivity index (χ4n) is 3.36. The quantitative estimate of drug-likeness (QED) is 0.767. The van der Waals surface area contributed by atoms with E-state index in [0.717, 1.165) is 16.4 Å². The highest BCUT2D eigenvalue weighted by molar-refractivity contribution is 7.20. The predicted octanol–water partition coefficient (Wildman–Crippen LogP) is 4.37. The molecule has 4 nitrogen and oxygen atoms in total. The lowest BCUT2D eigenvalue weighted by Gasteiger charge is -2.21. The minimum absolute atomic E-state index is 0.0577. The van der Waals surface area contributed by atoms with Crippen LogP contribution in [0.4, 0.5) is 0 Å². The van der Waals surface area contributed by atoms with Gasteiger partial charge in [0.25, 0.3) is 5.91 Å². The lowest BCUT2D eigenvalue weighted by Crippen LogP contribution is -2.30. The third-order valence-electron chi connectivity index (χ3n) is 4.72. The number of nitrogens with zero attached hydrogens (tertiary/aromatic N) is 2. The molecule has 24 heavy (non-hydrogen) atoms. The van der Waals surface area contributed by atoms with Crippen molar-refractivity contribution in [2.75, 3.05) is 6.54 Å². The van der Waals surface area contributed by atoms with Crippen molar-refractivity contribution in [1.29, 1.82) is 0 Å². The van der Waals surface area contributed by atoms with E-state index in [0.29, 0.717) is 11.6 Å². The van der Waals surface area contributed by atoms with Crippen LogP contribution in [-0.2, 0) is 0 Å². The van der Waals surface area contributed by atoms with Crippen LogP contribution in [0.5, 0.6) is 0 Å². The van der Waals surface area contributed by atoms with E-state index < -0.39 is 0 Å². The molecular formula is C19H21N3OS. The van der Waals surface area contributed by atoms with Gasteiger partial charge in [0.1, 0.15) is 5.69 Å². The zero-order chi connectivity index (χ0) is 16.4. The number of thiazole rings is 1. The minimum Gasteiger partial charge on any atom is -0.350 e. The van der Waals surface area contributed by atoms with Gasteiger partial charge in [-0.15, -0.1) is 0 Å². The zero-order valence-corrected chi connectivity index (χ0v) is 14.4. The van der Waals surface area contributed by atoms with E-state index in [9.17, 15) is 4.79 Å². The maximum Gasteiger partial charge on any atom is 0.271 e. The molecule has 1 aliphatic carbocycles. The Bertz CT molecular complexity index is 799. The van der Waals surface area contributed by atoms with Crippen molar-refractivity contribution >= 4 is 22.2 Å². The summed E-state index contributed by atoms with van der Waals surface area (Å²) in [7, 11) is 0. The second-order valence-corrected chi connectivity index (χ2v) is 7.50. The van der Waals surface area contributed by atoms with Crippen LogP contribution >= 0.6 is 11.3 Å². The summed E-state index contributed by atoms with van der Waals surface area (Å²) in [6.45, 7) is 0.777. The smallest absolute Gasteiger partial charge is 0.271 e. The van der Waals surface area contributed by atoms with Crippen LogP contribution in [0.25, 0.3) is 15.4 Å². The highest BCUT2D eigenvalue weighted by Crippen LogP contribution is 2.28. The van der Waals surface area contributed by atoms with Crippen LogP contribution in [0.3, 0.4) is 0 Å². The number of imidazole rings is 1. The first-order valence-corrected chi connectivity index (χ1v) is 9.43. The van der Waals surface area contributed by atoms with Crippen LogP contribution < -0.4 is 5.32 Å². The van der Waals surface area contributed by atoms with Gasteiger partial charge in [-0.05, 0) is 24.3 Å². The number of fused-ring (bicyclic) bond motifs is 1. The van der Waals surface area contributed by atoms with Crippen LogP contribution in [-0.4, -0.2) is 21.8 Å². The lowest BCUT2D eigenvalue weighted by molar-refractivity contribution is 0.0939. The molecule has 0 spiro atoms. The molecule has 0 radical (unpaired) electrons. The minimum atomic E-state index is -0.0577. The van der Waals surface area contributed by atoms with E-state index in [2.05, 4.69) is 22.4 Å². The number of carbonyl (C=O) groups excluding carboxylic acids is 1. The Hall–Kier alpha value is -2.14. The molecule has 0 saturated heterocycles. The third kappa shape index (κ3) is 3.22. The number of hydrogen-bond donors (Lipinski definition) is 1. The van der Waals surface area contributed by atoms with Gasteiger partial charge in [0, 0.05) is 18.9 Å². The molecule has 0 atom stereocenters. The zero-order valence-electron chi connectivity index (χ0n) is 13.6. The van der Waals surface area contributed by atoms with Crippen LogP contribution in [0.2, 0.25) is 0 Å². The van der Waals surface area contributed by atoms with Gasteiger partial charge >= 0.3 is 0 Å². The standard InChI is InChI=1S/C19H21N3OS/c23-18(20-11-14-7-3-1-4-8-14)16-12-22-13-17(24-19(22)21-16)15-9-5-2-6-10-15/h2,5-6,9-10,12-14H,1,3-4,7-8,11H2,(H,20,23). The summed E-state index contributed by atoms with van der Waals surface area (Å²) in [5, 5.41) is 3.06. The average Bonchev–Trinajstić information content (AvgIpc) is 3.20. The SMILES string of the molecule is O=C(NCC1CCCCC1)c1cn2cc(-c3ccccc3)sc2n1. The van der Waals surface area contributed by atoms with Crippen molar-refractivity contribution in [3.63, 3.8) is 0 Å². The summed E-state index contributed by atoms with van der Waals surface area (Å²) in [6.07, 6.45) is 10.3. The largest absolute Gasteiger partial charge is 0.350 e. The summed E-state index contributed by atoms with van der Waals surface area (Å²) in [5.74, 6) is 0.578. The van der Waals surface area contributed by atoms with Crippen LogP contribution in [0.15, 0.2) is 42.7 Å². The molecule has 4 rings (SSSR count). The molecule has 2 aromatic heterocycles. The van der Waals surface area contributed by atoms with Gasteiger partial charge < -0.3 is 5.32 Å². The Morgan fingerprint density at radius 1 is 1.17 bits per heavy atom. The van der Waals surface area contributed by atoms with Gasteiger partial charge in [-0.3, -0.25) is 9.20 Å². The molecule has 1 aliphatic rings. The van der Waals surface area contributed by atoms with E-state index in [4.69, 9.17) is 0 Å². The van der Waals surface area contributed by atoms with E-state index in [1.807, 2.05) is 35.0 Å². The second-order valence-electron chi connectivity index (χ2n) is 6.49. The number of benzene rings is 1. The first-order valence-electron chi connectivity index (χ1n) is 8.62. The van der Waals surface area contributed by atoms with Gasteiger partial charge in [-0.25, -0.2) is 4.98 Å². The van der Waals surface area contributed by atoms with Crippen molar-refractivity contribution in [2.24, 2.45) is 5.92 Å². The van der Waals surface area contributed by atoms with Crippen molar-refractivity contribution in [2.45, 2.75) is 32.1 Å². The second kappa shape index (κ2) is 6.77. The Morgan fingerprint density at radius 3 is 2.71 bits per heavy atom. The van der Waals surface area contributed by atoms with Gasteiger partial charge in [0.05, 0.1) is 4.88 Å². The summed E-state index contributed by atoms with van der Waals surface area (Å²) < 4.78 is 1.95. The molecule has 1 N–H and O–H groups in total. The number of hydrogen-bond acceptors (Lipinski definition) is 3. The molecule has 0 bridgehead atoms. The summed E-state index contributed by atoms with van der Waals surface area (Å²) in [5.41, 5.74) is 1.69. The Balaban J connectivity index is 1.45. The molecule has 0 aliphatic heterocycles. The molecule has 1 amide bonds. The monoisotopic (exact) mass is 339 g/mol. The summed E-state index contributed by atoms with van der Waals surface area (Å²) in [4.78, 5) is 18.8. The van der Waals surface area contributed by atoms with Crippen LogP contribution in [0, 0.1) is 5.92 Å². The molecule has 2 heterocycles. The maximum atomic E-state index is 12.3. The topological polar surface area (TPSA) is 46.4 Å². The fraction of sp³-hybridized carbons (Fsp3) is 0.368. The summed E-state index contributed by atoms with van der Waals surface area (Å²) in [6, 6.07) is 10.2. The van der Waals surface area contributed by atoms with Gasteiger partial charge in [0.15, 0.2) is 4.96 Å². The van der Waals surface area contributed by atoms with Crippen molar-refractivity contribution in [3.8, 4) is 10.4 Å². The van der Waals surface area contributed by atoms with E-state index in [-0.39, 0.29) is 5.91 Å². The number of aromatic nitrogens is 2. The van der Waals surface area contributed by atoms with E-state index >= 15 is 0 Å². The molecule has 1 fully saturated rings. The van der Waals surface area contributed by atoms with Crippen molar-refractivity contribution < 1.29 is 4.79 Å². The van der Waals surface area contributed by atoms with E-state index in [1.165, 1.54) is 37.7 Å². The molecule has 3 aromatic rings. The Morgan fingerprint density at radius 2 is 1.96 bits per heavy atom. The Kier molecular flexibility index (Phi) is 4.34. The van der Waals surface area contributed by atoms with E-state index in [1.54, 1.807) is 11.3 Å². The van der Waals surface area contributed by atoms with Crippen molar-refractivity contribution in [3.05, 3.63) is 48.4 Å². The molecule has 1 saturated carbocycles. The van der Waals surface area contributed by atoms with Crippen molar-refractivity contribution in [1.82, 2.24) is 14.7 Å². The average molecular weight is 339 g/mol. The number of nitrogens with one attached hydrogen (secondary N) is 1. The Labute approximate surface area is 145 Å². The third-order valence-corrected chi connectivity index (χ3v) is 5.77. The molecule has 124 valence electrons. The number of amides is 1. The van der Waals surface area contributed by atoms with Gasteiger partial charge in [-0.2, -0.15) is 0 Å². The first kappa shape index (κ1) is 15.4. The highest BCUT2D eigenvalue weighted by atomic mass is 32.1. The number of carbonyl (C=O) groups is 1. The summed E-state index contributed by atoms with van der Waals surface area (Å²) >= 11 is 1.61.